The molecule has 7 heteroatoms. The van der Waals surface area contributed by atoms with Crippen LogP contribution >= 0.6 is 11.6 Å². The number of halogens is 2. The Morgan fingerprint density at radius 2 is 1.78 bits per heavy atom. The van der Waals surface area contributed by atoms with E-state index in [-0.39, 0.29) is 27.8 Å². The first-order chi connectivity index (χ1) is 10.7. The van der Waals surface area contributed by atoms with Crippen LogP contribution in [0.3, 0.4) is 0 Å². The molecule has 0 N–H and O–H groups in total. The zero-order valence-corrected chi connectivity index (χ0v) is 14.2. The lowest BCUT2D eigenvalue weighted by atomic mass is 10.1. The summed E-state index contributed by atoms with van der Waals surface area (Å²) in [5.74, 6) is -0.767. The van der Waals surface area contributed by atoms with Gasteiger partial charge >= 0.3 is 0 Å². The maximum absolute atomic E-state index is 12.9. The second kappa shape index (κ2) is 6.68. The van der Waals surface area contributed by atoms with Gasteiger partial charge in [0.25, 0.3) is 5.91 Å². The number of hydrogen-bond donors (Lipinski definition) is 0. The minimum absolute atomic E-state index is 0.0282. The van der Waals surface area contributed by atoms with Gasteiger partial charge in [0.15, 0.2) is 9.84 Å². The molecule has 0 atom stereocenters. The van der Waals surface area contributed by atoms with E-state index >= 15 is 0 Å². The van der Waals surface area contributed by atoms with E-state index in [1.165, 1.54) is 35.2 Å². The summed E-state index contributed by atoms with van der Waals surface area (Å²) in [6.45, 7) is 0.249. The highest BCUT2D eigenvalue weighted by molar-refractivity contribution is 7.90. The van der Waals surface area contributed by atoms with Gasteiger partial charge in [-0.05, 0) is 35.9 Å². The fourth-order valence-electron chi connectivity index (χ4n) is 2.04. The highest BCUT2D eigenvalue weighted by atomic mass is 35.5. The van der Waals surface area contributed by atoms with Gasteiger partial charge in [-0.25, -0.2) is 12.8 Å². The summed E-state index contributed by atoms with van der Waals surface area (Å²) in [4.78, 5) is 13.9. The third-order valence-electron chi connectivity index (χ3n) is 3.28. The molecule has 0 aliphatic heterocycles. The number of rotatable bonds is 4. The fourth-order valence-corrected chi connectivity index (χ4v) is 2.89. The van der Waals surface area contributed by atoms with Gasteiger partial charge in [0.1, 0.15) is 5.82 Å². The molecule has 4 nitrogen and oxygen atoms in total. The van der Waals surface area contributed by atoms with Gasteiger partial charge in [-0.3, -0.25) is 4.79 Å². The number of sulfone groups is 1. The van der Waals surface area contributed by atoms with Crippen LogP contribution in [0, 0.1) is 5.82 Å². The van der Waals surface area contributed by atoms with Crippen LogP contribution in [-0.4, -0.2) is 32.5 Å². The Morgan fingerprint density at radius 3 is 2.35 bits per heavy atom. The Bertz CT molecular complexity index is 835. The monoisotopic (exact) mass is 355 g/mol. The summed E-state index contributed by atoms with van der Waals surface area (Å²) in [6, 6.07) is 9.78. The average Bonchev–Trinajstić information content (AvgIpc) is 2.48. The Kier molecular flexibility index (Phi) is 5.06. The topological polar surface area (TPSA) is 54.5 Å². The van der Waals surface area contributed by atoms with Crippen LogP contribution in [0.15, 0.2) is 47.4 Å². The molecular formula is C16H15ClFNO3S. The van der Waals surface area contributed by atoms with Crippen LogP contribution in [0.2, 0.25) is 5.02 Å². The van der Waals surface area contributed by atoms with Crippen LogP contribution in [0.4, 0.5) is 4.39 Å². The van der Waals surface area contributed by atoms with Crippen molar-refractivity contribution in [1.82, 2.24) is 4.90 Å². The molecule has 122 valence electrons. The second-order valence-corrected chi connectivity index (χ2v) is 7.62. The molecule has 0 saturated carbocycles. The predicted octanol–water partition coefficient (Wildman–Crippen LogP) is 3.15. The van der Waals surface area contributed by atoms with Gasteiger partial charge in [-0.15, -0.1) is 0 Å². The molecule has 0 spiro atoms. The number of carbonyl (C=O) groups is 1. The molecule has 1 amide bonds. The van der Waals surface area contributed by atoms with E-state index in [1.54, 1.807) is 19.2 Å². The lowest BCUT2D eigenvalue weighted by molar-refractivity contribution is 0.0785. The number of amides is 1. The van der Waals surface area contributed by atoms with Crippen LogP contribution in [0.25, 0.3) is 0 Å². The highest BCUT2D eigenvalue weighted by Crippen LogP contribution is 2.22. The molecule has 23 heavy (non-hydrogen) atoms. The fraction of sp³-hybridized carbons (Fsp3) is 0.188. The second-order valence-electron chi connectivity index (χ2n) is 5.20. The van der Waals surface area contributed by atoms with Crippen molar-refractivity contribution in [3.8, 4) is 0 Å². The summed E-state index contributed by atoms with van der Waals surface area (Å²) in [5, 5.41) is 0.174. The molecule has 0 heterocycles. The number of carbonyl (C=O) groups excluding carboxylic acids is 1. The molecule has 2 aromatic carbocycles. The average molecular weight is 356 g/mol. The van der Waals surface area contributed by atoms with E-state index in [0.29, 0.717) is 0 Å². The van der Waals surface area contributed by atoms with Gasteiger partial charge in [-0.1, -0.05) is 23.7 Å². The first-order valence-corrected chi connectivity index (χ1v) is 8.95. The van der Waals surface area contributed by atoms with Crippen molar-refractivity contribution in [2.45, 2.75) is 11.4 Å². The van der Waals surface area contributed by atoms with E-state index < -0.39 is 15.7 Å². The number of hydrogen-bond acceptors (Lipinski definition) is 3. The van der Waals surface area contributed by atoms with Gasteiger partial charge < -0.3 is 4.90 Å². The number of nitrogens with zero attached hydrogens (tertiary/aromatic N) is 1. The van der Waals surface area contributed by atoms with Gasteiger partial charge in [0.2, 0.25) is 0 Å². The quantitative estimate of drug-likeness (QED) is 0.846. The van der Waals surface area contributed by atoms with E-state index in [0.717, 1.165) is 11.8 Å². The summed E-state index contributed by atoms with van der Waals surface area (Å²) >= 11 is 6.02. The Hall–Kier alpha value is -1.92. The minimum Gasteiger partial charge on any atom is -0.337 e. The zero-order valence-electron chi connectivity index (χ0n) is 12.6. The molecular weight excluding hydrogens is 341 g/mol. The van der Waals surface area contributed by atoms with Crippen LogP contribution in [0.5, 0.6) is 0 Å². The Balaban J connectivity index is 2.27. The SMILES string of the molecule is CN(Cc1ccc(F)cc1)C(=O)c1cc(S(C)(=O)=O)ccc1Cl. The maximum Gasteiger partial charge on any atom is 0.255 e. The first-order valence-electron chi connectivity index (χ1n) is 6.68. The number of benzene rings is 2. The minimum atomic E-state index is -3.44. The lowest BCUT2D eigenvalue weighted by Crippen LogP contribution is -2.26. The van der Waals surface area contributed by atoms with Crippen molar-refractivity contribution in [3.63, 3.8) is 0 Å². The van der Waals surface area contributed by atoms with Gasteiger partial charge in [0.05, 0.1) is 15.5 Å². The van der Waals surface area contributed by atoms with Crippen LogP contribution in [-0.2, 0) is 16.4 Å². The summed E-state index contributed by atoms with van der Waals surface area (Å²) in [6.07, 6.45) is 1.06. The van der Waals surface area contributed by atoms with Crippen LogP contribution < -0.4 is 0 Å². The maximum atomic E-state index is 12.9. The standard InChI is InChI=1S/C16H15ClFNO3S/c1-19(10-11-3-5-12(18)6-4-11)16(20)14-9-13(23(2,21)22)7-8-15(14)17/h3-9H,10H2,1-2H3. The molecule has 0 unspecified atom stereocenters. The molecule has 2 rings (SSSR count). The van der Waals surface area contributed by atoms with Crippen molar-refractivity contribution in [1.29, 1.82) is 0 Å². The molecule has 2 aromatic rings. The van der Waals surface area contributed by atoms with Crippen molar-refractivity contribution >= 4 is 27.3 Å². The van der Waals surface area contributed by atoms with E-state index in [4.69, 9.17) is 11.6 Å². The summed E-state index contributed by atoms with van der Waals surface area (Å²) < 4.78 is 36.1. The highest BCUT2D eigenvalue weighted by Gasteiger charge is 2.18. The molecule has 0 fully saturated rings. The normalized spacial score (nSPS) is 11.3. The molecule has 0 aliphatic carbocycles. The summed E-state index contributed by atoms with van der Waals surface area (Å²) in [5.41, 5.74) is 0.858. The third kappa shape index (κ3) is 4.30. The molecule has 0 saturated heterocycles. The van der Waals surface area contributed by atoms with Crippen molar-refractivity contribution in [2.75, 3.05) is 13.3 Å². The third-order valence-corrected chi connectivity index (χ3v) is 4.72. The van der Waals surface area contributed by atoms with Crippen molar-refractivity contribution < 1.29 is 17.6 Å². The smallest absolute Gasteiger partial charge is 0.255 e. The van der Waals surface area contributed by atoms with Crippen molar-refractivity contribution in [3.05, 3.63) is 64.4 Å². The first kappa shape index (κ1) is 17.4. The molecule has 0 radical (unpaired) electrons. The van der Waals surface area contributed by atoms with Gasteiger partial charge in [0, 0.05) is 19.8 Å². The summed E-state index contributed by atoms with van der Waals surface area (Å²) in [7, 11) is -1.87. The van der Waals surface area contributed by atoms with Crippen LogP contribution in [0.1, 0.15) is 15.9 Å². The zero-order chi connectivity index (χ0) is 17.2. The van der Waals surface area contributed by atoms with E-state index in [9.17, 15) is 17.6 Å². The van der Waals surface area contributed by atoms with Gasteiger partial charge in [-0.2, -0.15) is 0 Å². The molecule has 0 aromatic heterocycles. The molecule has 0 aliphatic rings. The lowest BCUT2D eigenvalue weighted by Gasteiger charge is -2.18. The Labute approximate surface area is 139 Å². The van der Waals surface area contributed by atoms with E-state index in [2.05, 4.69) is 0 Å². The Morgan fingerprint density at radius 1 is 1.17 bits per heavy atom. The molecule has 0 bridgehead atoms. The predicted molar refractivity (Wildman–Crippen MR) is 86.8 cm³/mol. The largest absolute Gasteiger partial charge is 0.337 e. The van der Waals surface area contributed by atoms with E-state index in [1.807, 2.05) is 0 Å². The van der Waals surface area contributed by atoms with Crippen molar-refractivity contribution in [2.24, 2.45) is 0 Å².